The highest BCUT2D eigenvalue weighted by molar-refractivity contribution is 9.11. The van der Waals surface area contributed by atoms with Gasteiger partial charge in [0, 0.05) is 0 Å². The minimum absolute atomic E-state index is 0.244. The summed E-state index contributed by atoms with van der Waals surface area (Å²) in [6.07, 6.45) is -0.513. The van der Waals surface area contributed by atoms with E-state index in [9.17, 15) is 4.79 Å². The van der Waals surface area contributed by atoms with Crippen LogP contribution in [0.3, 0.4) is 0 Å². The number of ether oxygens (including phenoxy) is 1. The van der Waals surface area contributed by atoms with E-state index in [0.717, 1.165) is 9.35 Å². The van der Waals surface area contributed by atoms with E-state index in [0.29, 0.717) is 5.82 Å². The molecular weight excluding hydrogens is 304 g/mol. The third kappa shape index (κ3) is 3.54. The standard InChI is InChI=1S/C11H9BrN2O2S/c12-9-10(13-7-17-9)14-11(15)16-6-8-4-2-1-3-5-8/h1-5,7H,6H2,(H,14,15). The van der Waals surface area contributed by atoms with E-state index in [2.05, 4.69) is 26.2 Å². The average molecular weight is 313 g/mol. The van der Waals surface area contributed by atoms with Gasteiger partial charge in [-0.25, -0.2) is 9.78 Å². The Morgan fingerprint density at radius 2 is 2.18 bits per heavy atom. The summed E-state index contributed by atoms with van der Waals surface area (Å²) in [6, 6.07) is 9.50. The number of halogens is 1. The highest BCUT2D eigenvalue weighted by Crippen LogP contribution is 2.25. The minimum atomic E-state index is -0.513. The van der Waals surface area contributed by atoms with Crippen molar-refractivity contribution in [3.05, 3.63) is 45.2 Å². The first-order chi connectivity index (χ1) is 8.25. The number of aromatic nitrogens is 1. The molecular formula is C11H9BrN2O2S. The predicted molar refractivity (Wildman–Crippen MR) is 70.1 cm³/mol. The van der Waals surface area contributed by atoms with Crippen LogP contribution in [0.15, 0.2) is 39.6 Å². The molecule has 0 aliphatic heterocycles. The molecule has 0 aliphatic carbocycles. The molecule has 4 nitrogen and oxygen atoms in total. The molecule has 0 saturated heterocycles. The fraction of sp³-hybridized carbons (Fsp3) is 0.0909. The third-order valence-electron chi connectivity index (χ3n) is 1.96. The fourth-order valence-corrected chi connectivity index (χ4v) is 2.09. The van der Waals surface area contributed by atoms with E-state index in [4.69, 9.17) is 4.74 Å². The molecule has 2 aromatic rings. The van der Waals surface area contributed by atoms with Crippen LogP contribution in [0.1, 0.15) is 5.56 Å². The molecule has 17 heavy (non-hydrogen) atoms. The SMILES string of the molecule is O=C(Nc1ncsc1Br)OCc1ccccc1. The summed E-state index contributed by atoms with van der Waals surface area (Å²) in [5.41, 5.74) is 2.58. The van der Waals surface area contributed by atoms with Crippen molar-refractivity contribution in [3.8, 4) is 0 Å². The molecule has 2 rings (SSSR count). The van der Waals surface area contributed by atoms with Gasteiger partial charge in [0.2, 0.25) is 0 Å². The minimum Gasteiger partial charge on any atom is -0.444 e. The van der Waals surface area contributed by atoms with E-state index in [-0.39, 0.29) is 6.61 Å². The molecule has 0 unspecified atom stereocenters. The van der Waals surface area contributed by atoms with Gasteiger partial charge in [0.1, 0.15) is 10.4 Å². The van der Waals surface area contributed by atoms with E-state index < -0.39 is 6.09 Å². The van der Waals surface area contributed by atoms with Crippen LogP contribution in [0.5, 0.6) is 0 Å². The molecule has 0 saturated carbocycles. The normalized spacial score (nSPS) is 9.94. The molecule has 0 atom stereocenters. The van der Waals surface area contributed by atoms with Gasteiger partial charge in [-0.05, 0) is 21.5 Å². The number of nitrogens with zero attached hydrogens (tertiary/aromatic N) is 1. The number of anilines is 1. The maximum absolute atomic E-state index is 11.4. The lowest BCUT2D eigenvalue weighted by molar-refractivity contribution is 0.155. The van der Waals surface area contributed by atoms with Crippen LogP contribution < -0.4 is 5.32 Å². The molecule has 6 heteroatoms. The molecule has 0 radical (unpaired) electrons. The van der Waals surface area contributed by atoms with Gasteiger partial charge in [-0.1, -0.05) is 30.3 Å². The van der Waals surface area contributed by atoms with E-state index in [1.165, 1.54) is 11.3 Å². The fourth-order valence-electron chi connectivity index (χ4n) is 1.17. The third-order valence-corrected chi connectivity index (χ3v) is 3.50. The highest BCUT2D eigenvalue weighted by Gasteiger charge is 2.08. The second-order valence-electron chi connectivity index (χ2n) is 3.16. The number of nitrogens with one attached hydrogen (secondary N) is 1. The Kier molecular flexibility index (Phi) is 4.11. The summed E-state index contributed by atoms with van der Waals surface area (Å²) in [7, 11) is 0. The molecule has 1 heterocycles. The summed E-state index contributed by atoms with van der Waals surface area (Å²) < 4.78 is 5.82. The maximum Gasteiger partial charge on any atom is 0.413 e. The highest BCUT2D eigenvalue weighted by atomic mass is 79.9. The van der Waals surface area contributed by atoms with Gasteiger partial charge in [0.15, 0.2) is 5.82 Å². The Labute approximate surface area is 111 Å². The topological polar surface area (TPSA) is 51.2 Å². The van der Waals surface area contributed by atoms with E-state index >= 15 is 0 Å². The molecule has 88 valence electrons. The Morgan fingerprint density at radius 3 is 2.82 bits per heavy atom. The van der Waals surface area contributed by atoms with Gasteiger partial charge >= 0.3 is 6.09 Å². The quantitative estimate of drug-likeness (QED) is 0.941. The summed E-state index contributed by atoms with van der Waals surface area (Å²) >= 11 is 4.67. The van der Waals surface area contributed by atoms with Crippen molar-refractivity contribution in [1.29, 1.82) is 0 Å². The van der Waals surface area contributed by atoms with Crippen LogP contribution >= 0.6 is 27.3 Å². The largest absolute Gasteiger partial charge is 0.444 e. The van der Waals surface area contributed by atoms with Crippen LogP contribution in [0.2, 0.25) is 0 Å². The first-order valence-corrected chi connectivity index (χ1v) is 6.49. The molecule has 0 aliphatic rings. The zero-order chi connectivity index (χ0) is 12.1. The second-order valence-corrected chi connectivity index (χ2v) is 5.33. The number of carbonyl (C=O) groups excluding carboxylic acids is 1. The Morgan fingerprint density at radius 1 is 1.41 bits per heavy atom. The van der Waals surface area contributed by atoms with Crippen molar-refractivity contribution < 1.29 is 9.53 Å². The van der Waals surface area contributed by atoms with Crippen molar-refractivity contribution in [2.75, 3.05) is 5.32 Å². The zero-order valence-corrected chi connectivity index (χ0v) is 11.1. The first kappa shape index (κ1) is 12.1. The van der Waals surface area contributed by atoms with Crippen LogP contribution in [-0.4, -0.2) is 11.1 Å². The predicted octanol–water partition coefficient (Wildman–Crippen LogP) is 3.65. The van der Waals surface area contributed by atoms with Gasteiger partial charge in [0.25, 0.3) is 0 Å². The van der Waals surface area contributed by atoms with Gasteiger partial charge < -0.3 is 4.74 Å². The van der Waals surface area contributed by atoms with Crippen molar-refractivity contribution >= 4 is 39.2 Å². The number of hydrogen-bond donors (Lipinski definition) is 1. The lowest BCUT2D eigenvalue weighted by Crippen LogP contribution is -2.13. The average Bonchev–Trinajstić information content (AvgIpc) is 2.74. The molecule has 0 bridgehead atoms. The number of thiazole rings is 1. The van der Waals surface area contributed by atoms with Crippen LogP contribution in [-0.2, 0) is 11.3 Å². The van der Waals surface area contributed by atoms with Crippen LogP contribution in [0.4, 0.5) is 10.6 Å². The van der Waals surface area contributed by atoms with E-state index in [1.807, 2.05) is 30.3 Å². The number of hydrogen-bond acceptors (Lipinski definition) is 4. The first-order valence-electron chi connectivity index (χ1n) is 4.82. The van der Waals surface area contributed by atoms with Gasteiger partial charge in [0.05, 0.1) is 5.51 Å². The number of amides is 1. The van der Waals surface area contributed by atoms with Crippen molar-refractivity contribution in [2.45, 2.75) is 6.61 Å². The lowest BCUT2D eigenvalue weighted by atomic mass is 10.2. The number of rotatable bonds is 3. The Hall–Kier alpha value is -1.40. The maximum atomic E-state index is 11.4. The summed E-state index contributed by atoms with van der Waals surface area (Å²) in [6.45, 7) is 0.244. The zero-order valence-electron chi connectivity index (χ0n) is 8.72. The Bertz CT molecular complexity index is 501. The smallest absolute Gasteiger partial charge is 0.413 e. The molecule has 1 amide bonds. The molecule has 1 aromatic carbocycles. The van der Waals surface area contributed by atoms with Crippen LogP contribution in [0, 0.1) is 0 Å². The van der Waals surface area contributed by atoms with Crippen molar-refractivity contribution in [3.63, 3.8) is 0 Å². The van der Waals surface area contributed by atoms with Gasteiger partial charge in [-0.15, -0.1) is 11.3 Å². The monoisotopic (exact) mass is 312 g/mol. The molecule has 0 spiro atoms. The lowest BCUT2D eigenvalue weighted by Gasteiger charge is -2.05. The number of carbonyl (C=O) groups is 1. The van der Waals surface area contributed by atoms with E-state index in [1.54, 1.807) is 5.51 Å². The second kappa shape index (κ2) is 5.79. The summed E-state index contributed by atoms with van der Waals surface area (Å²) in [5.74, 6) is 0.480. The molecule has 1 aromatic heterocycles. The van der Waals surface area contributed by atoms with Crippen molar-refractivity contribution in [2.24, 2.45) is 0 Å². The van der Waals surface area contributed by atoms with Gasteiger partial charge in [-0.3, -0.25) is 5.32 Å². The van der Waals surface area contributed by atoms with Gasteiger partial charge in [-0.2, -0.15) is 0 Å². The summed E-state index contributed by atoms with van der Waals surface area (Å²) in [5, 5.41) is 2.55. The summed E-state index contributed by atoms with van der Waals surface area (Å²) in [4.78, 5) is 15.4. The molecule has 1 N–H and O–H groups in total. The van der Waals surface area contributed by atoms with Crippen LogP contribution in [0.25, 0.3) is 0 Å². The Balaban J connectivity index is 1.85. The van der Waals surface area contributed by atoms with Crippen molar-refractivity contribution in [1.82, 2.24) is 4.98 Å². The number of benzene rings is 1. The molecule has 0 fully saturated rings.